The minimum Gasteiger partial charge on any atom is -0.395 e. The second-order valence-electron chi connectivity index (χ2n) is 17.1. The van der Waals surface area contributed by atoms with E-state index in [-0.39, 0.29) is 37.3 Å². The fraction of sp³-hybridized carbons (Fsp3) is 0.417. The van der Waals surface area contributed by atoms with E-state index >= 15 is 0 Å². The van der Waals surface area contributed by atoms with Crippen molar-refractivity contribution in [3.8, 4) is 22.4 Å². The third kappa shape index (κ3) is 9.04. The molecule has 9 rings (SSSR count). The lowest BCUT2D eigenvalue weighted by Gasteiger charge is -2.35. The number of aromatic nitrogens is 5. The fourth-order valence-corrected chi connectivity index (χ4v) is 9.54. The minimum atomic E-state index is -0.484. The van der Waals surface area contributed by atoms with Crippen LogP contribution in [0.4, 0.5) is 11.5 Å². The molecule has 15 heteroatoms. The van der Waals surface area contributed by atoms with Gasteiger partial charge in [0.25, 0.3) is 0 Å². The SMILES string of the molecule is Cc1nn2c(N3CCN(CCO)CC3)cc(-c3cccc(CCCCN4CCN(C(=O)CNc5cccc6c(C7CCC(=O)NC7=O)nn(C)c56)CC4)c3)nc2c1-c1ccccc1. The molecule has 328 valence electrons. The lowest BCUT2D eigenvalue weighted by molar-refractivity contribution is -0.134. The Hall–Kier alpha value is -6.16. The molecule has 1 unspecified atom stereocenters. The number of benzene rings is 3. The Bertz CT molecular complexity index is 2610. The molecule has 0 saturated carbocycles. The normalized spacial score (nSPS) is 17.8. The summed E-state index contributed by atoms with van der Waals surface area (Å²) in [7, 11) is 1.84. The molecule has 63 heavy (non-hydrogen) atoms. The van der Waals surface area contributed by atoms with Crippen LogP contribution in [0.15, 0.2) is 78.9 Å². The quantitative estimate of drug-likeness (QED) is 0.105. The van der Waals surface area contributed by atoms with E-state index < -0.39 is 5.92 Å². The number of aryl methyl sites for hydroxylation is 3. The molecule has 3 amide bonds. The number of nitrogens with one attached hydrogen (secondary N) is 2. The molecule has 3 aliphatic rings. The third-order valence-electron chi connectivity index (χ3n) is 13.0. The van der Waals surface area contributed by atoms with Gasteiger partial charge in [-0.2, -0.15) is 14.7 Å². The number of unbranched alkanes of at least 4 members (excludes halogenated alkanes) is 1. The average Bonchev–Trinajstić information content (AvgIpc) is 3.83. The van der Waals surface area contributed by atoms with Crippen LogP contribution in [0.5, 0.6) is 0 Å². The van der Waals surface area contributed by atoms with Gasteiger partial charge in [-0.15, -0.1) is 0 Å². The van der Waals surface area contributed by atoms with E-state index in [1.165, 1.54) is 5.56 Å². The summed E-state index contributed by atoms with van der Waals surface area (Å²) in [5, 5.41) is 25.9. The van der Waals surface area contributed by atoms with Crippen molar-refractivity contribution in [1.82, 2.24) is 44.4 Å². The topological polar surface area (TPSA) is 156 Å². The zero-order chi connectivity index (χ0) is 43.5. The fourth-order valence-electron chi connectivity index (χ4n) is 9.54. The van der Waals surface area contributed by atoms with Gasteiger partial charge in [0.2, 0.25) is 17.7 Å². The van der Waals surface area contributed by atoms with Gasteiger partial charge in [0.15, 0.2) is 5.65 Å². The molecule has 15 nitrogen and oxygen atoms in total. The van der Waals surface area contributed by atoms with Crippen molar-refractivity contribution in [2.24, 2.45) is 7.05 Å². The summed E-state index contributed by atoms with van der Waals surface area (Å²) in [6.45, 7) is 10.6. The summed E-state index contributed by atoms with van der Waals surface area (Å²) < 4.78 is 3.77. The molecular formula is C48H57N11O4. The van der Waals surface area contributed by atoms with E-state index in [0.717, 1.165) is 121 Å². The number of hydrogen-bond acceptors (Lipinski definition) is 11. The standard InChI is InChI=1S/C48H57N11O4/c1-33-44(35-12-4-3-5-13-35)47-50-40(31-42(59(47)52-33)57-24-20-56(21-25-57)28-29-60)36-14-8-11-34(30-36)10-6-7-19-55-22-26-58(27-23-55)43(62)32-49-39-16-9-15-37-45(53-54(2)46(37)39)38-17-18-41(61)51-48(38)63/h3-5,8-9,11-16,30-31,38,49,60H,6-7,10,17-29,32H2,1-2H3,(H,51,61,63). The number of carbonyl (C=O) groups is 3. The summed E-state index contributed by atoms with van der Waals surface area (Å²) in [4.78, 5) is 52.1. The number of rotatable bonds is 14. The molecule has 6 aromatic rings. The lowest BCUT2D eigenvalue weighted by atomic mass is 9.92. The van der Waals surface area contributed by atoms with Crippen LogP contribution in [0.2, 0.25) is 0 Å². The zero-order valence-electron chi connectivity index (χ0n) is 36.3. The molecular weight excluding hydrogens is 795 g/mol. The van der Waals surface area contributed by atoms with E-state index in [0.29, 0.717) is 31.7 Å². The van der Waals surface area contributed by atoms with Crippen LogP contribution < -0.4 is 15.5 Å². The first-order valence-corrected chi connectivity index (χ1v) is 22.4. The van der Waals surface area contributed by atoms with Gasteiger partial charge in [0.05, 0.1) is 47.4 Å². The number of piperidine rings is 1. The van der Waals surface area contributed by atoms with Gasteiger partial charge in [-0.3, -0.25) is 34.2 Å². The monoisotopic (exact) mass is 851 g/mol. The van der Waals surface area contributed by atoms with Crippen LogP contribution >= 0.6 is 0 Å². The lowest BCUT2D eigenvalue weighted by Crippen LogP contribution is -2.50. The summed E-state index contributed by atoms with van der Waals surface area (Å²) >= 11 is 0. The van der Waals surface area contributed by atoms with Crippen molar-refractivity contribution in [3.63, 3.8) is 0 Å². The Morgan fingerprint density at radius 1 is 0.841 bits per heavy atom. The number of nitrogens with zero attached hydrogens (tertiary/aromatic N) is 9. The van der Waals surface area contributed by atoms with Crippen LogP contribution in [0.3, 0.4) is 0 Å². The summed E-state index contributed by atoms with van der Waals surface area (Å²) in [5.74, 6) is 0.0470. The van der Waals surface area contributed by atoms with E-state index in [1.54, 1.807) is 4.68 Å². The number of piperazine rings is 2. The molecule has 3 aromatic heterocycles. The molecule has 6 heterocycles. The first kappa shape index (κ1) is 42.2. The van der Waals surface area contributed by atoms with E-state index in [9.17, 15) is 19.5 Å². The minimum absolute atomic E-state index is 0.0557. The van der Waals surface area contributed by atoms with Gasteiger partial charge < -0.3 is 20.2 Å². The number of β-amino-alcohol motifs (C(OH)–C–C–N with tert-alkyl or cyclic N) is 1. The highest BCUT2D eigenvalue weighted by Crippen LogP contribution is 2.35. The van der Waals surface area contributed by atoms with Crippen LogP contribution in [0, 0.1) is 6.92 Å². The Labute approximate surface area is 367 Å². The Kier molecular flexibility index (Phi) is 12.5. The predicted octanol–water partition coefficient (Wildman–Crippen LogP) is 4.47. The highest BCUT2D eigenvalue weighted by Gasteiger charge is 2.32. The van der Waals surface area contributed by atoms with Crippen molar-refractivity contribution in [2.45, 2.75) is 44.9 Å². The molecule has 3 saturated heterocycles. The van der Waals surface area contributed by atoms with Crippen molar-refractivity contribution in [2.75, 3.05) is 88.8 Å². The van der Waals surface area contributed by atoms with Crippen LogP contribution in [-0.2, 0) is 27.9 Å². The van der Waals surface area contributed by atoms with Crippen molar-refractivity contribution < 1.29 is 19.5 Å². The molecule has 0 radical (unpaired) electrons. The number of fused-ring (bicyclic) bond motifs is 2. The van der Waals surface area contributed by atoms with Crippen LogP contribution in [0.1, 0.15) is 48.6 Å². The molecule has 3 aliphatic heterocycles. The molecule has 3 fully saturated rings. The largest absolute Gasteiger partial charge is 0.395 e. The summed E-state index contributed by atoms with van der Waals surface area (Å²) in [6.07, 6.45) is 3.83. The number of hydrogen-bond donors (Lipinski definition) is 3. The van der Waals surface area contributed by atoms with Gasteiger partial charge in [-0.25, -0.2) is 4.98 Å². The van der Waals surface area contributed by atoms with Crippen molar-refractivity contribution in [1.29, 1.82) is 0 Å². The zero-order valence-corrected chi connectivity index (χ0v) is 36.3. The van der Waals surface area contributed by atoms with Gasteiger partial charge in [-0.05, 0) is 62.4 Å². The Balaban J connectivity index is 0.793. The van der Waals surface area contributed by atoms with Gasteiger partial charge >= 0.3 is 0 Å². The van der Waals surface area contributed by atoms with Gasteiger partial charge in [-0.1, -0.05) is 60.7 Å². The number of para-hydroxylation sites is 1. The maximum Gasteiger partial charge on any atom is 0.241 e. The molecule has 0 aliphatic carbocycles. The van der Waals surface area contributed by atoms with Crippen molar-refractivity contribution >= 4 is 45.8 Å². The summed E-state index contributed by atoms with van der Waals surface area (Å²) in [6, 6.07) is 27.2. The predicted molar refractivity (Wildman–Crippen MR) is 245 cm³/mol. The maximum absolute atomic E-state index is 13.4. The van der Waals surface area contributed by atoms with Crippen molar-refractivity contribution in [3.05, 3.63) is 95.8 Å². The van der Waals surface area contributed by atoms with Crippen LogP contribution in [0.25, 0.3) is 38.9 Å². The van der Waals surface area contributed by atoms with Gasteiger partial charge in [0, 0.05) is 95.0 Å². The molecule has 0 spiro atoms. The number of amides is 3. The molecule has 3 aromatic carbocycles. The maximum atomic E-state index is 13.4. The highest BCUT2D eigenvalue weighted by atomic mass is 16.3. The number of aliphatic hydroxyl groups is 1. The second-order valence-corrected chi connectivity index (χ2v) is 17.1. The molecule has 3 N–H and O–H groups in total. The summed E-state index contributed by atoms with van der Waals surface area (Å²) in [5.41, 5.74) is 9.56. The van der Waals surface area contributed by atoms with E-state index in [1.807, 2.05) is 40.7 Å². The smallest absolute Gasteiger partial charge is 0.241 e. The van der Waals surface area contributed by atoms with Crippen LogP contribution in [-0.4, -0.2) is 141 Å². The first-order chi connectivity index (χ1) is 30.7. The Morgan fingerprint density at radius 3 is 2.37 bits per heavy atom. The van der Waals surface area contributed by atoms with E-state index in [2.05, 4.69) is 92.0 Å². The number of carbonyl (C=O) groups excluding carboxylic acids is 3. The number of aliphatic hydroxyl groups excluding tert-OH is 1. The third-order valence-corrected chi connectivity index (χ3v) is 13.0. The highest BCUT2D eigenvalue weighted by molar-refractivity contribution is 6.03. The first-order valence-electron chi connectivity index (χ1n) is 22.4. The Morgan fingerprint density at radius 2 is 1.59 bits per heavy atom. The molecule has 1 atom stereocenters. The number of imide groups is 1. The molecule has 0 bridgehead atoms. The second kappa shape index (κ2) is 18.7. The average molecular weight is 852 g/mol. The van der Waals surface area contributed by atoms with E-state index in [4.69, 9.17) is 10.1 Å². The van der Waals surface area contributed by atoms with Gasteiger partial charge in [0.1, 0.15) is 5.82 Å². The number of anilines is 2.